The topological polar surface area (TPSA) is 55.6 Å². The van der Waals surface area contributed by atoms with E-state index in [9.17, 15) is 0 Å². The van der Waals surface area contributed by atoms with Gasteiger partial charge in [0.25, 0.3) is 0 Å². The Morgan fingerprint density at radius 2 is 2.28 bits per heavy atom. The SMILES string of the molecule is CCCNC(Cc1nnn(C)n1)C1CCCC1C. The molecule has 18 heavy (non-hydrogen) atoms. The molecule has 0 aromatic carbocycles. The summed E-state index contributed by atoms with van der Waals surface area (Å²) in [4.78, 5) is 1.55. The van der Waals surface area contributed by atoms with Crippen molar-refractivity contribution in [3.63, 3.8) is 0 Å². The zero-order chi connectivity index (χ0) is 13.0. The minimum absolute atomic E-state index is 0.506. The first-order chi connectivity index (χ1) is 8.70. The van der Waals surface area contributed by atoms with Gasteiger partial charge in [-0.25, -0.2) is 0 Å². The van der Waals surface area contributed by atoms with Crippen molar-refractivity contribution in [1.29, 1.82) is 0 Å². The fraction of sp³-hybridized carbons (Fsp3) is 0.923. The maximum Gasteiger partial charge on any atom is 0.176 e. The lowest BCUT2D eigenvalue weighted by molar-refractivity contribution is 0.292. The number of nitrogens with one attached hydrogen (secondary N) is 1. The summed E-state index contributed by atoms with van der Waals surface area (Å²) in [5, 5.41) is 16.0. The van der Waals surface area contributed by atoms with E-state index in [4.69, 9.17) is 0 Å². The second-order valence-electron chi connectivity index (χ2n) is 5.53. The number of aromatic nitrogens is 4. The molecule has 0 saturated heterocycles. The van der Waals surface area contributed by atoms with E-state index in [1.54, 1.807) is 4.80 Å². The Bertz CT molecular complexity index is 362. The van der Waals surface area contributed by atoms with E-state index in [0.717, 1.165) is 30.6 Å². The quantitative estimate of drug-likeness (QED) is 0.833. The number of hydrogen-bond acceptors (Lipinski definition) is 4. The molecule has 0 amide bonds. The molecule has 0 spiro atoms. The summed E-state index contributed by atoms with van der Waals surface area (Å²) < 4.78 is 0. The fourth-order valence-electron chi connectivity index (χ4n) is 3.08. The second kappa shape index (κ2) is 6.27. The summed E-state index contributed by atoms with van der Waals surface area (Å²) in [5.41, 5.74) is 0. The van der Waals surface area contributed by atoms with Gasteiger partial charge in [-0.3, -0.25) is 0 Å². The minimum atomic E-state index is 0.506. The lowest BCUT2D eigenvalue weighted by Crippen LogP contribution is -2.40. The van der Waals surface area contributed by atoms with Crippen molar-refractivity contribution in [3.8, 4) is 0 Å². The molecule has 3 atom stereocenters. The van der Waals surface area contributed by atoms with Crippen LogP contribution in [0.4, 0.5) is 0 Å². The van der Waals surface area contributed by atoms with Crippen LogP contribution in [0, 0.1) is 11.8 Å². The Morgan fingerprint density at radius 1 is 1.44 bits per heavy atom. The number of nitrogens with zero attached hydrogens (tertiary/aromatic N) is 4. The fourth-order valence-corrected chi connectivity index (χ4v) is 3.08. The van der Waals surface area contributed by atoms with E-state index < -0.39 is 0 Å². The normalized spacial score (nSPS) is 25.5. The highest BCUT2D eigenvalue weighted by atomic mass is 15.6. The lowest BCUT2D eigenvalue weighted by atomic mass is 9.88. The molecule has 1 aliphatic rings. The minimum Gasteiger partial charge on any atom is -0.313 e. The van der Waals surface area contributed by atoms with E-state index in [1.165, 1.54) is 25.7 Å². The van der Waals surface area contributed by atoms with Gasteiger partial charge in [0.1, 0.15) is 0 Å². The first kappa shape index (κ1) is 13.5. The van der Waals surface area contributed by atoms with E-state index in [2.05, 4.69) is 34.6 Å². The monoisotopic (exact) mass is 251 g/mol. The molecule has 2 rings (SSSR count). The van der Waals surface area contributed by atoms with Crippen LogP contribution in [-0.4, -0.2) is 32.8 Å². The summed E-state index contributed by atoms with van der Waals surface area (Å²) in [6.45, 7) is 5.67. The van der Waals surface area contributed by atoms with Crippen LogP contribution < -0.4 is 5.32 Å². The average Bonchev–Trinajstić information content (AvgIpc) is 2.93. The first-order valence-corrected chi connectivity index (χ1v) is 7.17. The van der Waals surface area contributed by atoms with Gasteiger partial charge in [0.05, 0.1) is 7.05 Å². The summed E-state index contributed by atoms with van der Waals surface area (Å²) in [5.74, 6) is 2.45. The lowest BCUT2D eigenvalue weighted by Gasteiger charge is -2.27. The molecule has 1 fully saturated rings. The zero-order valence-electron chi connectivity index (χ0n) is 11.8. The largest absolute Gasteiger partial charge is 0.313 e. The Balaban J connectivity index is 2.00. The Morgan fingerprint density at radius 3 is 2.83 bits per heavy atom. The molecule has 1 saturated carbocycles. The Labute approximate surface area is 109 Å². The van der Waals surface area contributed by atoms with Gasteiger partial charge in [-0.05, 0) is 36.4 Å². The third-order valence-electron chi connectivity index (χ3n) is 4.05. The van der Waals surface area contributed by atoms with Crippen LogP contribution in [0.3, 0.4) is 0 Å². The highest BCUT2D eigenvalue weighted by Crippen LogP contribution is 2.34. The van der Waals surface area contributed by atoms with Crippen LogP contribution in [0.15, 0.2) is 0 Å². The molecule has 102 valence electrons. The highest BCUT2D eigenvalue weighted by Gasteiger charge is 2.31. The zero-order valence-corrected chi connectivity index (χ0v) is 11.8. The van der Waals surface area contributed by atoms with Crippen LogP contribution in [0.2, 0.25) is 0 Å². The molecule has 5 nitrogen and oxygen atoms in total. The molecule has 1 aromatic rings. The first-order valence-electron chi connectivity index (χ1n) is 7.17. The van der Waals surface area contributed by atoms with Gasteiger partial charge < -0.3 is 5.32 Å². The molecule has 1 heterocycles. The van der Waals surface area contributed by atoms with Crippen molar-refractivity contribution < 1.29 is 0 Å². The van der Waals surface area contributed by atoms with Crippen molar-refractivity contribution >= 4 is 0 Å². The Kier molecular flexibility index (Phi) is 4.69. The molecule has 1 aromatic heterocycles. The molecule has 5 heteroatoms. The molecular formula is C13H25N5. The predicted octanol–water partition coefficient (Wildman–Crippen LogP) is 1.56. The Hall–Kier alpha value is -0.970. The van der Waals surface area contributed by atoms with Gasteiger partial charge in [-0.1, -0.05) is 26.7 Å². The van der Waals surface area contributed by atoms with Crippen LogP contribution in [0.25, 0.3) is 0 Å². The molecule has 1 N–H and O–H groups in total. The van der Waals surface area contributed by atoms with Crippen LogP contribution >= 0.6 is 0 Å². The molecule has 3 unspecified atom stereocenters. The average molecular weight is 251 g/mol. The standard InChI is InChI=1S/C13H25N5/c1-4-8-14-12(11-7-5-6-10(11)2)9-13-15-17-18(3)16-13/h10-12,14H,4-9H2,1-3H3. The number of hydrogen-bond donors (Lipinski definition) is 1. The van der Waals surface area contributed by atoms with Crippen LogP contribution in [0.1, 0.15) is 45.4 Å². The van der Waals surface area contributed by atoms with Crippen molar-refractivity contribution in [2.24, 2.45) is 18.9 Å². The van der Waals surface area contributed by atoms with Crippen molar-refractivity contribution in [2.45, 2.75) is 52.0 Å². The third kappa shape index (κ3) is 3.28. The number of rotatable bonds is 6. The van der Waals surface area contributed by atoms with Gasteiger partial charge in [-0.15, -0.1) is 10.2 Å². The summed E-state index contributed by atoms with van der Waals surface area (Å²) in [6.07, 6.45) is 6.14. The summed E-state index contributed by atoms with van der Waals surface area (Å²) in [6, 6.07) is 0.506. The van der Waals surface area contributed by atoms with Gasteiger partial charge in [0.15, 0.2) is 5.82 Å². The van der Waals surface area contributed by atoms with Gasteiger partial charge in [-0.2, -0.15) is 4.80 Å². The second-order valence-corrected chi connectivity index (χ2v) is 5.53. The highest BCUT2D eigenvalue weighted by molar-refractivity contribution is 4.92. The van der Waals surface area contributed by atoms with E-state index in [1.807, 2.05) is 7.05 Å². The van der Waals surface area contributed by atoms with Crippen molar-refractivity contribution in [2.75, 3.05) is 6.54 Å². The predicted molar refractivity (Wildman–Crippen MR) is 71.1 cm³/mol. The number of aryl methyl sites for hydroxylation is 1. The molecule has 0 aliphatic heterocycles. The van der Waals surface area contributed by atoms with Gasteiger partial charge in [0.2, 0.25) is 0 Å². The van der Waals surface area contributed by atoms with Gasteiger partial charge in [0, 0.05) is 12.5 Å². The van der Waals surface area contributed by atoms with E-state index in [-0.39, 0.29) is 0 Å². The van der Waals surface area contributed by atoms with E-state index in [0.29, 0.717) is 6.04 Å². The molecule has 0 bridgehead atoms. The van der Waals surface area contributed by atoms with Crippen LogP contribution in [-0.2, 0) is 13.5 Å². The van der Waals surface area contributed by atoms with Crippen molar-refractivity contribution in [1.82, 2.24) is 25.5 Å². The van der Waals surface area contributed by atoms with Crippen molar-refractivity contribution in [3.05, 3.63) is 5.82 Å². The molecule has 0 radical (unpaired) electrons. The maximum atomic E-state index is 4.31. The molecule has 1 aliphatic carbocycles. The van der Waals surface area contributed by atoms with Gasteiger partial charge >= 0.3 is 0 Å². The summed E-state index contributed by atoms with van der Waals surface area (Å²) in [7, 11) is 1.82. The smallest absolute Gasteiger partial charge is 0.176 e. The molecular weight excluding hydrogens is 226 g/mol. The number of tetrazole rings is 1. The maximum absolute atomic E-state index is 4.31. The van der Waals surface area contributed by atoms with Crippen LogP contribution in [0.5, 0.6) is 0 Å². The third-order valence-corrected chi connectivity index (χ3v) is 4.05. The van der Waals surface area contributed by atoms with E-state index >= 15 is 0 Å². The summed E-state index contributed by atoms with van der Waals surface area (Å²) >= 11 is 0.